The quantitative estimate of drug-likeness (QED) is 0.787. The van der Waals surface area contributed by atoms with Crippen LogP contribution in [0, 0.1) is 0 Å². The summed E-state index contributed by atoms with van der Waals surface area (Å²) < 4.78 is 10.6. The number of aromatic nitrogens is 1. The zero-order chi connectivity index (χ0) is 20.9. The van der Waals surface area contributed by atoms with Crippen molar-refractivity contribution in [2.75, 3.05) is 20.2 Å². The average Bonchev–Trinajstić information content (AvgIpc) is 3.25. The summed E-state index contributed by atoms with van der Waals surface area (Å²) in [5.74, 6) is 0.980. The lowest BCUT2D eigenvalue weighted by molar-refractivity contribution is -0.115. The first kappa shape index (κ1) is 20.3. The first-order valence-electron chi connectivity index (χ1n) is 10.5. The van der Waals surface area contributed by atoms with E-state index in [0.717, 1.165) is 50.3 Å². The molecule has 2 aliphatic rings. The summed E-state index contributed by atoms with van der Waals surface area (Å²) in [6.45, 7) is 2.74. The molecule has 0 spiro atoms. The molecule has 2 heterocycles. The van der Waals surface area contributed by atoms with Crippen LogP contribution >= 0.6 is 0 Å². The number of carbonyl (C=O) groups excluding carboxylic acids is 2. The third-order valence-corrected chi connectivity index (χ3v) is 5.69. The lowest BCUT2D eigenvalue weighted by atomic mass is 9.94. The third kappa shape index (κ3) is 4.97. The minimum absolute atomic E-state index is 0.0492. The molecule has 1 unspecified atom stereocenters. The summed E-state index contributed by atoms with van der Waals surface area (Å²) >= 11 is 0. The number of ether oxygens (including phenoxy) is 1. The van der Waals surface area contributed by atoms with Gasteiger partial charge in [0.2, 0.25) is 5.76 Å². The van der Waals surface area contributed by atoms with Gasteiger partial charge in [0.1, 0.15) is 5.75 Å². The van der Waals surface area contributed by atoms with E-state index in [1.165, 1.54) is 11.6 Å². The summed E-state index contributed by atoms with van der Waals surface area (Å²) in [6.07, 6.45) is 5.59. The third-order valence-electron chi connectivity index (χ3n) is 5.69. The predicted octanol–water partition coefficient (Wildman–Crippen LogP) is 3.43. The Kier molecular flexibility index (Phi) is 6.28. The van der Waals surface area contributed by atoms with Crippen LogP contribution in [0.25, 0.3) is 0 Å². The van der Waals surface area contributed by atoms with Crippen molar-refractivity contribution in [3.05, 3.63) is 59.1 Å². The maximum absolute atomic E-state index is 12.5. The van der Waals surface area contributed by atoms with Crippen molar-refractivity contribution in [3.63, 3.8) is 0 Å². The number of allylic oxidation sites excluding steroid dienone is 2. The van der Waals surface area contributed by atoms with Gasteiger partial charge in [-0.25, -0.2) is 0 Å². The molecule has 1 aliphatic heterocycles. The molecule has 1 amide bonds. The fraction of sp³-hybridized carbons (Fsp3) is 0.435. The van der Waals surface area contributed by atoms with Gasteiger partial charge in [0.25, 0.3) is 5.91 Å². The van der Waals surface area contributed by atoms with Gasteiger partial charge in [0, 0.05) is 43.3 Å². The highest BCUT2D eigenvalue weighted by molar-refractivity contribution is 5.95. The number of hydrogen-bond donors (Lipinski definition) is 1. The topological polar surface area (TPSA) is 84.7 Å². The van der Waals surface area contributed by atoms with E-state index in [4.69, 9.17) is 9.26 Å². The van der Waals surface area contributed by atoms with Gasteiger partial charge in [0.05, 0.1) is 12.8 Å². The first-order valence-corrected chi connectivity index (χ1v) is 10.5. The van der Waals surface area contributed by atoms with Crippen LogP contribution in [0.4, 0.5) is 0 Å². The van der Waals surface area contributed by atoms with Gasteiger partial charge >= 0.3 is 0 Å². The predicted molar refractivity (Wildman–Crippen MR) is 111 cm³/mol. The molecule has 0 bridgehead atoms. The number of methoxy groups -OCH3 is 1. The molecule has 158 valence electrons. The van der Waals surface area contributed by atoms with Crippen LogP contribution in [0.5, 0.6) is 5.75 Å². The van der Waals surface area contributed by atoms with E-state index in [1.54, 1.807) is 13.2 Å². The number of benzene rings is 1. The number of piperidine rings is 1. The Morgan fingerprint density at radius 2 is 2.20 bits per heavy atom. The summed E-state index contributed by atoms with van der Waals surface area (Å²) in [5.41, 5.74) is 2.67. The fourth-order valence-electron chi connectivity index (χ4n) is 4.16. The lowest BCUT2D eigenvalue weighted by Gasteiger charge is -2.31. The second kappa shape index (κ2) is 9.26. The molecule has 1 aromatic carbocycles. The highest BCUT2D eigenvalue weighted by atomic mass is 16.5. The molecule has 1 saturated heterocycles. The summed E-state index contributed by atoms with van der Waals surface area (Å²) in [6, 6.07) is 9.86. The maximum atomic E-state index is 12.5. The molecule has 30 heavy (non-hydrogen) atoms. The van der Waals surface area contributed by atoms with Crippen LogP contribution in [-0.4, -0.2) is 41.9 Å². The molecule has 7 heteroatoms. The zero-order valence-corrected chi connectivity index (χ0v) is 17.2. The Morgan fingerprint density at radius 3 is 3.03 bits per heavy atom. The number of amides is 1. The van der Waals surface area contributed by atoms with Crippen molar-refractivity contribution in [2.45, 2.75) is 44.6 Å². The minimum atomic E-state index is -0.348. The van der Waals surface area contributed by atoms with E-state index >= 15 is 0 Å². The van der Waals surface area contributed by atoms with Gasteiger partial charge in [-0.15, -0.1) is 0 Å². The Hall–Kier alpha value is -2.93. The Balaban J connectivity index is 1.37. The summed E-state index contributed by atoms with van der Waals surface area (Å²) in [5, 5.41) is 6.95. The number of nitrogens with zero attached hydrogens (tertiary/aromatic N) is 2. The largest absolute Gasteiger partial charge is 0.497 e. The molecular weight excluding hydrogens is 382 g/mol. The van der Waals surface area contributed by atoms with E-state index < -0.39 is 0 Å². The van der Waals surface area contributed by atoms with Gasteiger partial charge in [0.15, 0.2) is 5.78 Å². The smallest absolute Gasteiger partial charge is 0.294 e. The molecule has 4 rings (SSSR count). The molecule has 1 atom stereocenters. The average molecular weight is 409 g/mol. The van der Waals surface area contributed by atoms with Gasteiger partial charge in [-0.2, -0.15) is 0 Å². The van der Waals surface area contributed by atoms with E-state index in [1.807, 2.05) is 12.1 Å². The highest BCUT2D eigenvalue weighted by Crippen LogP contribution is 2.28. The minimum Gasteiger partial charge on any atom is -0.497 e. The van der Waals surface area contributed by atoms with Crippen molar-refractivity contribution in [1.82, 2.24) is 15.4 Å². The van der Waals surface area contributed by atoms with E-state index in [2.05, 4.69) is 27.5 Å². The number of hydrogen-bond acceptors (Lipinski definition) is 6. The first-order chi connectivity index (χ1) is 14.6. The monoisotopic (exact) mass is 409 g/mol. The van der Waals surface area contributed by atoms with E-state index in [0.29, 0.717) is 18.5 Å². The molecule has 0 radical (unpaired) electrons. The van der Waals surface area contributed by atoms with Crippen LogP contribution in [0.2, 0.25) is 0 Å². The van der Waals surface area contributed by atoms with Gasteiger partial charge in [-0.3, -0.25) is 14.5 Å². The number of carbonyl (C=O) groups is 2. The van der Waals surface area contributed by atoms with Gasteiger partial charge < -0.3 is 14.6 Å². The normalized spacial score (nSPS) is 20.0. The van der Waals surface area contributed by atoms with Gasteiger partial charge in [-0.1, -0.05) is 17.3 Å². The number of likely N-dealkylation sites (tertiary alicyclic amines) is 1. The Morgan fingerprint density at radius 1 is 1.30 bits per heavy atom. The van der Waals surface area contributed by atoms with Crippen LogP contribution in [0.3, 0.4) is 0 Å². The number of nitrogens with one attached hydrogen (secondary N) is 1. The molecular formula is C23H27N3O4. The highest BCUT2D eigenvalue weighted by Gasteiger charge is 2.26. The van der Waals surface area contributed by atoms with Crippen LogP contribution in [0.15, 0.2) is 46.6 Å². The maximum Gasteiger partial charge on any atom is 0.294 e. The molecule has 1 aromatic heterocycles. The summed E-state index contributed by atoms with van der Waals surface area (Å²) in [7, 11) is 1.68. The molecule has 7 nitrogen and oxygen atoms in total. The van der Waals surface area contributed by atoms with Crippen LogP contribution in [-0.2, 0) is 11.3 Å². The SMILES string of the molecule is COc1cccc(CN2CCCC(c3cc(C(=O)NC4=CC(=O)CCC4)on3)C2)c1. The second-order valence-corrected chi connectivity index (χ2v) is 7.99. The molecule has 1 fully saturated rings. The standard InChI is InChI=1S/C23H27N3O4/c1-29-20-9-2-5-16(11-20)14-26-10-4-6-17(15-26)21-13-22(30-25-21)23(28)24-18-7-3-8-19(27)12-18/h2,5,9,11-13,17H,3-4,6-8,10,14-15H2,1H3,(H,24,28). The molecule has 1 N–H and O–H groups in total. The Labute approximate surface area is 176 Å². The van der Waals surface area contributed by atoms with E-state index in [9.17, 15) is 9.59 Å². The van der Waals surface area contributed by atoms with Gasteiger partial charge in [-0.05, 0) is 49.9 Å². The van der Waals surface area contributed by atoms with Crippen molar-refractivity contribution < 1.29 is 18.8 Å². The second-order valence-electron chi connectivity index (χ2n) is 7.99. The molecule has 2 aromatic rings. The lowest BCUT2D eigenvalue weighted by Crippen LogP contribution is -2.34. The fourth-order valence-corrected chi connectivity index (χ4v) is 4.16. The van der Waals surface area contributed by atoms with Crippen molar-refractivity contribution in [2.24, 2.45) is 0 Å². The van der Waals surface area contributed by atoms with Crippen molar-refractivity contribution >= 4 is 11.7 Å². The van der Waals surface area contributed by atoms with Crippen molar-refractivity contribution in [1.29, 1.82) is 0 Å². The number of rotatable bonds is 6. The Bertz CT molecular complexity index is 949. The van der Waals surface area contributed by atoms with Crippen LogP contribution in [0.1, 0.15) is 59.8 Å². The zero-order valence-electron chi connectivity index (χ0n) is 17.2. The molecule has 1 aliphatic carbocycles. The summed E-state index contributed by atoms with van der Waals surface area (Å²) in [4.78, 5) is 26.4. The van der Waals surface area contributed by atoms with Crippen molar-refractivity contribution in [3.8, 4) is 5.75 Å². The van der Waals surface area contributed by atoms with E-state index in [-0.39, 0.29) is 23.4 Å². The number of ketones is 1. The van der Waals surface area contributed by atoms with Crippen LogP contribution < -0.4 is 10.1 Å². The molecule has 0 saturated carbocycles.